The number of carbonyl (C=O) groups excluding carboxylic acids is 1. The first kappa shape index (κ1) is 8.64. The number of rotatable bonds is 1. The Balaban J connectivity index is 2.93. The van der Waals surface area contributed by atoms with Gasteiger partial charge in [-0.15, -0.1) is 0 Å². The van der Waals surface area contributed by atoms with Crippen LogP contribution in [-0.2, 0) is 4.79 Å². The number of hydrogen-bond donors (Lipinski definition) is 1. The van der Waals surface area contributed by atoms with Crippen molar-refractivity contribution in [1.82, 2.24) is 0 Å². The molecular weight excluding hydrogens is 164 g/mol. The van der Waals surface area contributed by atoms with Crippen LogP contribution in [0.4, 0.5) is 14.5 Å². The van der Waals surface area contributed by atoms with Crippen molar-refractivity contribution in [2.24, 2.45) is 0 Å². The molecule has 0 atom stereocenters. The van der Waals surface area contributed by atoms with Gasteiger partial charge >= 0.3 is 0 Å². The van der Waals surface area contributed by atoms with Gasteiger partial charge in [-0.25, -0.2) is 8.78 Å². The average Bonchev–Trinajstić information content (AvgIpc) is 1.81. The minimum atomic E-state index is -0.737. The van der Waals surface area contributed by atoms with E-state index in [9.17, 15) is 13.6 Å². The molecule has 1 rings (SSSR count). The molecule has 12 heavy (non-hydrogen) atoms. The topological polar surface area (TPSA) is 29.1 Å². The molecule has 4 heteroatoms. The van der Waals surface area contributed by atoms with Crippen LogP contribution in [0.5, 0.6) is 0 Å². The third-order valence-corrected chi connectivity index (χ3v) is 1.15. The number of anilines is 1. The molecule has 0 unspecified atom stereocenters. The summed E-state index contributed by atoms with van der Waals surface area (Å²) in [7, 11) is 0. The molecule has 0 aromatic heterocycles. The van der Waals surface area contributed by atoms with Gasteiger partial charge in [0.2, 0.25) is 5.91 Å². The lowest BCUT2D eigenvalue weighted by Crippen LogP contribution is -2.06. The Morgan fingerprint density at radius 1 is 1.25 bits per heavy atom. The highest BCUT2D eigenvalue weighted by Gasteiger charge is 2.00. The van der Waals surface area contributed by atoms with Gasteiger partial charge in [-0.3, -0.25) is 4.79 Å². The molecule has 0 bridgehead atoms. The van der Waals surface area contributed by atoms with Gasteiger partial charge in [0.1, 0.15) is 11.6 Å². The lowest BCUT2D eigenvalue weighted by Gasteiger charge is -2.00. The van der Waals surface area contributed by atoms with Crippen LogP contribution >= 0.6 is 0 Å². The lowest BCUT2D eigenvalue weighted by atomic mass is 10.3. The number of nitrogens with one attached hydrogen (secondary N) is 1. The highest BCUT2D eigenvalue weighted by atomic mass is 19.1. The van der Waals surface area contributed by atoms with Gasteiger partial charge in [-0.1, -0.05) is 0 Å². The van der Waals surface area contributed by atoms with Crippen LogP contribution in [0.2, 0.25) is 0 Å². The summed E-state index contributed by atoms with van der Waals surface area (Å²) >= 11 is 0. The molecule has 0 aliphatic rings. The van der Waals surface area contributed by atoms with E-state index in [0.29, 0.717) is 0 Å². The zero-order valence-corrected chi connectivity index (χ0v) is 6.10. The fourth-order valence-corrected chi connectivity index (χ4v) is 0.787. The first-order chi connectivity index (χ1) is 5.58. The van der Waals surface area contributed by atoms with E-state index in [2.05, 4.69) is 12.2 Å². The highest BCUT2D eigenvalue weighted by molar-refractivity contribution is 5.93. The van der Waals surface area contributed by atoms with Gasteiger partial charge in [-0.2, -0.15) is 0 Å². The molecule has 0 spiro atoms. The number of hydrogen-bond acceptors (Lipinski definition) is 1. The number of carbonyl (C=O) groups is 1. The van der Waals surface area contributed by atoms with Crippen LogP contribution in [0.3, 0.4) is 0 Å². The maximum atomic E-state index is 12.5. The lowest BCUT2D eigenvalue weighted by molar-refractivity contribution is -0.112. The second-order valence-corrected chi connectivity index (χ2v) is 2.21. The predicted molar refractivity (Wildman–Crippen MR) is 40.3 cm³/mol. The van der Waals surface area contributed by atoms with Crippen LogP contribution in [0.25, 0.3) is 0 Å². The van der Waals surface area contributed by atoms with E-state index < -0.39 is 17.5 Å². The van der Waals surface area contributed by atoms with E-state index in [1.54, 1.807) is 0 Å². The van der Waals surface area contributed by atoms with Gasteiger partial charge in [0.15, 0.2) is 0 Å². The molecular formula is C8H6F2NO. The molecule has 2 nitrogen and oxygen atoms in total. The molecule has 63 valence electrons. The normalized spacial score (nSPS) is 9.58. The van der Waals surface area contributed by atoms with Crippen molar-refractivity contribution in [3.63, 3.8) is 0 Å². The first-order valence-corrected chi connectivity index (χ1v) is 3.17. The Morgan fingerprint density at radius 3 is 2.17 bits per heavy atom. The summed E-state index contributed by atoms with van der Waals surface area (Å²) < 4.78 is 24.9. The smallest absolute Gasteiger partial charge is 0.224 e. The van der Waals surface area contributed by atoms with Crippen LogP contribution in [0, 0.1) is 18.6 Å². The second-order valence-electron chi connectivity index (χ2n) is 2.21. The monoisotopic (exact) mass is 170 g/mol. The summed E-state index contributed by atoms with van der Waals surface area (Å²) in [5.74, 6) is -2.09. The highest BCUT2D eigenvalue weighted by Crippen LogP contribution is 2.12. The van der Waals surface area contributed by atoms with Gasteiger partial charge in [0.05, 0.1) is 0 Å². The summed E-state index contributed by atoms with van der Waals surface area (Å²) in [5.41, 5.74) is 0.0625. The molecule has 0 aliphatic heterocycles. The molecule has 0 heterocycles. The van der Waals surface area contributed by atoms with Gasteiger partial charge in [0.25, 0.3) is 0 Å². The third kappa shape index (κ3) is 2.30. The van der Waals surface area contributed by atoms with Crippen molar-refractivity contribution >= 4 is 11.6 Å². The average molecular weight is 170 g/mol. The quantitative estimate of drug-likeness (QED) is 0.683. The summed E-state index contributed by atoms with van der Waals surface area (Å²) in [5, 5.41) is 2.16. The molecule has 1 aromatic carbocycles. The van der Waals surface area contributed by atoms with Gasteiger partial charge in [0, 0.05) is 18.7 Å². The van der Waals surface area contributed by atoms with Crippen molar-refractivity contribution in [3.8, 4) is 0 Å². The fraction of sp³-hybridized carbons (Fsp3) is 0. The van der Waals surface area contributed by atoms with Crippen molar-refractivity contribution in [2.45, 2.75) is 0 Å². The molecule has 0 fully saturated rings. The van der Waals surface area contributed by atoms with Crippen molar-refractivity contribution in [1.29, 1.82) is 0 Å². The molecule has 1 aromatic rings. The number of amides is 1. The Morgan fingerprint density at radius 2 is 1.75 bits per heavy atom. The van der Waals surface area contributed by atoms with E-state index in [1.165, 1.54) is 0 Å². The van der Waals surface area contributed by atoms with E-state index in [0.717, 1.165) is 18.2 Å². The molecule has 1 amide bonds. The summed E-state index contributed by atoms with van der Waals surface area (Å²) in [6.07, 6.45) is 0. The van der Waals surface area contributed by atoms with Crippen molar-refractivity contribution in [3.05, 3.63) is 36.8 Å². The fourth-order valence-electron chi connectivity index (χ4n) is 0.787. The van der Waals surface area contributed by atoms with Crippen molar-refractivity contribution < 1.29 is 13.6 Å². The predicted octanol–water partition coefficient (Wildman–Crippen LogP) is 1.74. The standard InChI is InChI=1S/C8H6F2NO/c1-5(12)11-8-3-6(9)2-7(10)4-8/h2-4H,1H2,(H,11,12). The Hall–Kier alpha value is -1.45. The maximum absolute atomic E-state index is 12.5. The van der Waals surface area contributed by atoms with Gasteiger partial charge in [-0.05, 0) is 12.1 Å². The second kappa shape index (κ2) is 3.30. The Bertz CT molecular complexity index is 292. The summed E-state index contributed by atoms with van der Waals surface area (Å²) in [6, 6.07) is 2.73. The third-order valence-electron chi connectivity index (χ3n) is 1.15. The Labute approximate surface area is 68.2 Å². The van der Waals surface area contributed by atoms with E-state index >= 15 is 0 Å². The van der Waals surface area contributed by atoms with Crippen LogP contribution < -0.4 is 5.32 Å². The zero-order valence-electron chi connectivity index (χ0n) is 6.10. The minimum absolute atomic E-state index is 0.0625. The number of halogens is 2. The maximum Gasteiger partial charge on any atom is 0.224 e. The zero-order chi connectivity index (χ0) is 9.14. The Kier molecular flexibility index (Phi) is 2.38. The van der Waals surface area contributed by atoms with E-state index in [-0.39, 0.29) is 5.69 Å². The molecule has 1 radical (unpaired) electrons. The van der Waals surface area contributed by atoms with E-state index in [1.807, 2.05) is 0 Å². The largest absolute Gasteiger partial charge is 0.326 e. The minimum Gasteiger partial charge on any atom is -0.326 e. The van der Waals surface area contributed by atoms with Gasteiger partial charge < -0.3 is 5.32 Å². The SMILES string of the molecule is [CH2]C(=O)Nc1cc(F)cc(F)c1. The summed E-state index contributed by atoms with van der Waals surface area (Å²) in [4.78, 5) is 10.4. The van der Waals surface area contributed by atoms with E-state index in [4.69, 9.17) is 0 Å². The first-order valence-electron chi connectivity index (χ1n) is 3.17. The van der Waals surface area contributed by atoms with Crippen LogP contribution in [0.1, 0.15) is 0 Å². The molecule has 0 aliphatic carbocycles. The molecule has 1 N–H and O–H groups in total. The van der Waals surface area contributed by atoms with Crippen molar-refractivity contribution in [2.75, 3.05) is 5.32 Å². The summed E-state index contributed by atoms with van der Waals surface area (Å²) in [6.45, 7) is 3.00. The van der Waals surface area contributed by atoms with Crippen LogP contribution in [-0.4, -0.2) is 5.91 Å². The number of benzene rings is 1. The molecule has 0 saturated carbocycles. The molecule has 0 saturated heterocycles. The van der Waals surface area contributed by atoms with Crippen LogP contribution in [0.15, 0.2) is 18.2 Å².